The van der Waals surface area contributed by atoms with Gasteiger partial charge in [-0.05, 0) is 47.5 Å². The summed E-state index contributed by atoms with van der Waals surface area (Å²) in [6, 6.07) is 0.760. The quantitative estimate of drug-likeness (QED) is 0.845. The average molecular weight is 274 g/mol. The summed E-state index contributed by atoms with van der Waals surface area (Å²) >= 11 is 5.02. The molecule has 3 nitrogen and oxygen atoms in total. The molecule has 0 unspecified atom stereocenters. The first-order valence-corrected chi connectivity index (χ1v) is 6.69. The van der Waals surface area contributed by atoms with Gasteiger partial charge in [0.1, 0.15) is 0 Å². The van der Waals surface area contributed by atoms with Crippen LogP contribution in [0.5, 0.6) is 0 Å². The molecule has 0 saturated heterocycles. The first-order valence-electron chi connectivity index (χ1n) is 5.08. The molecule has 2 aliphatic carbocycles. The van der Waals surface area contributed by atoms with Gasteiger partial charge in [0.25, 0.3) is 0 Å². The van der Waals surface area contributed by atoms with E-state index in [1.165, 1.54) is 32.2 Å². The predicted molar refractivity (Wildman–Crippen MR) is 60.7 cm³/mol. The summed E-state index contributed by atoms with van der Waals surface area (Å²) in [5.41, 5.74) is 0. The summed E-state index contributed by atoms with van der Waals surface area (Å²) in [7, 11) is 0. The van der Waals surface area contributed by atoms with Gasteiger partial charge in [-0.2, -0.15) is 0 Å². The molecule has 2 aliphatic rings. The van der Waals surface area contributed by atoms with Gasteiger partial charge in [-0.15, -0.1) is 10.2 Å². The summed E-state index contributed by atoms with van der Waals surface area (Å²) < 4.78 is 0.897. The second kappa shape index (κ2) is 3.45. The van der Waals surface area contributed by atoms with Gasteiger partial charge >= 0.3 is 0 Å². The number of anilines is 1. The molecule has 0 aromatic carbocycles. The van der Waals surface area contributed by atoms with Crippen LogP contribution < -0.4 is 4.90 Å². The molecule has 1 aromatic rings. The monoisotopic (exact) mass is 273 g/mol. The maximum Gasteiger partial charge on any atom is 0.209 e. The SMILES string of the molecule is Brc1nnc(N(CC2CC2)C2CC2)s1. The van der Waals surface area contributed by atoms with Crippen molar-refractivity contribution in [3.05, 3.63) is 3.92 Å². The van der Waals surface area contributed by atoms with Crippen molar-refractivity contribution in [2.45, 2.75) is 31.7 Å². The van der Waals surface area contributed by atoms with Crippen molar-refractivity contribution >= 4 is 32.4 Å². The van der Waals surface area contributed by atoms with E-state index in [-0.39, 0.29) is 0 Å². The Labute approximate surface area is 95.6 Å². The topological polar surface area (TPSA) is 29.0 Å². The Bertz CT molecular complexity index is 333. The zero-order valence-corrected chi connectivity index (χ0v) is 10.2. The fourth-order valence-corrected chi connectivity index (χ4v) is 2.83. The van der Waals surface area contributed by atoms with Crippen molar-refractivity contribution in [1.82, 2.24) is 10.2 Å². The molecular weight excluding hydrogens is 262 g/mol. The third kappa shape index (κ3) is 1.93. The molecule has 0 atom stereocenters. The Hall–Kier alpha value is -0.160. The summed E-state index contributed by atoms with van der Waals surface area (Å²) in [5.74, 6) is 0.929. The first kappa shape index (κ1) is 9.09. The summed E-state index contributed by atoms with van der Waals surface area (Å²) in [4.78, 5) is 2.46. The van der Waals surface area contributed by atoms with Crippen LogP contribution >= 0.6 is 27.3 Å². The van der Waals surface area contributed by atoms with Crippen molar-refractivity contribution in [3.63, 3.8) is 0 Å². The van der Waals surface area contributed by atoms with E-state index in [9.17, 15) is 0 Å². The van der Waals surface area contributed by atoms with E-state index in [0.717, 1.165) is 21.0 Å². The van der Waals surface area contributed by atoms with Gasteiger partial charge in [0, 0.05) is 12.6 Å². The van der Waals surface area contributed by atoms with Crippen LogP contribution in [-0.4, -0.2) is 22.8 Å². The van der Waals surface area contributed by atoms with Crippen LogP contribution in [0.2, 0.25) is 0 Å². The molecule has 0 amide bonds. The van der Waals surface area contributed by atoms with Crippen molar-refractivity contribution < 1.29 is 0 Å². The Kier molecular flexibility index (Phi) is 2.24. The number of hydrogen-bond acceptors (Lipinski definition) is 4. The van der Waals surface area contributed by atoms with Crippen LogP contribution in [0.15, 0.2) is 3.92 Å². The number of halogens is 1. The van der Waals surface area contributed by atoms with Crippen LogP contribution in [-0.2, 0) is 0 Å². The molecule has 3 rings (SSSR count). The van der Waals surface area contributed by atoms with E-state index in [1.54, 1.807) is 11.3 Å². The van der Waals surface area contributed by atoms with E-state index in [0.29, 0.717) is 0 Å². The highest BCUT2D eigenvalue weighted by atomic mass is 79.9. The molecule has 0 N–H and O–H groups in total. The zero-order chi connectivity index (χ0) is 9.54. The van der Waals surface area contributed by atoms with Gasteiger partial charge in [0.05, 0.1) is 0 Å². The third-order valence-corrected chi connectivity index (χ3v) is 4.17. The van der Waals surface area contributed by atoms with Gasteiger partial charge in [0.2, 0.25) is 5.13 Å². The third-order valence-electron chi connectivity index (χ3n) is 2.77. The maximum atomic E-state index is 4.21. The lowest BCUT2D eigenvalue weighted by Gasteiger charge is -2.20. The van der Waals surface area contributed by atoms with Gasteiger partial charge in [-0.3, -0.25) is 0 Å². The van der Waals surface area contributed by atoms with Crippen molar-refractivity contribution in [2.24, 2.45) is 5.92 Å². The second-order valence-corrected chi connectivity index (χ2v) is 6.40. The van der Waals surface area contributed by atoms with Crippen LogP contribution in [0.25, 0.3) is 0 Å². The second-order valence-electron chi connectivity index (χ2n) is 4.16. The van der Waals surface area contributed by atoms with E-state index in [1.807, 2.05) is 0 Å². The minimum absolute atomic E-state index is 0.760. The Balaban J connectivity index is 1.75. The normalized spacial score (nSPS) is 21.2. The molecule has 1 aromatic heterocycles. The smallest absolute Gasteiger partial charge is 0.209 e. The number of rotatable bonds is 4. The Morgan fingerprint density at radius 1 is 1.29 bits per heavy atom. The Morgan fingerprint density at radius 3 is 2.57 bits per heavy atom. The molecule has 2 fully saturated rings. The highest BCUT2D eigenvalue weighted by Crippen LogP contribution is 2.39. The van der Waals surface area contributed by atoms with Gasteiger partial charge in [0.15, 0.2) is 3.92 Å². The van der Waals surface area contributed by atoms with E-state index < -0.39 is 0 Å². The van der Waals surface area contributed by atoms with Crippen molar-refractivity contribution in [2.75, 3.05) is 11.4 Å². The maximum absolute atomic E-state index is 4.21. The molecule has 0 spiro atoms. The van der Waals surface area contributed by atoms with E-state index >= 15 is 0 Å². The van der Waals surface area contributed by atoms with Crippen LogP contribution in [0.1, 0.15) is 25.7 Å². The molecule has 0 aliphatic heterocycles. The molecule has 1 heterocycles. The van der Waals surface area contributed by atoms with Gasteiger partial charge in [-0.25, -0.2) is 0 Å². The summed E-state index contributed by atoms with van der Waals surface area (Å²) in [5, 5.41) is 9.33. The minimum Gasteiger partial charge on any atom is -0.343 e. The van der Waals surface area contributed by atoms with Crippen LogP contribution in [0.4, 0.5) is 5.13 Å². The van der Waals surface area contributed by atoms with Crippen molar-refractivity contribution in [3.8, 4) is 0 Å². The van der Waals surface area contributed by atoms with Gasteiger partial charge in [-0.1, -0.05) is 11.3 Å². The molecule has 76 valence electrons. The van der Waals surface area contributed by atoms with Crippen LogP contribution in [0.3, 0.4) is 0 Å². The molecule has 14 heavy (non-hydrogen) atoms. The minimum atomic E-state index is 0.760. The fourth-order valence-electron chi connectivity index (χ4n) is 1.66. The molecule has 0 bridgehead atoms. The van der Waals surface area contributed by atoms with E-state index in [4.69, 9.17) is 0 Å². The molecule has 5 heteroatoms. The highest BCUT2D eigenvalue weighted by Gasteiger charge is 2.35. The molecule has 2 saturated carbocycles. The lowest BCUT2D eigenvalue weighted by Crippen LogP contribution is -2.27. The van der Waals surface area contributed by atoms with E-state index in [2.05, 4.69) is 31.0 Å². The lowest BCUT2D eigenvalue weighted by molar-refractivity contribution is 0.711. The first-order chi connectivity index (χ1) is 6.83. The molecular formula is C9H12BrN3S. The summed E-state index contributed by atoms with van der Waals surface area (Å²) in [6.07, 6.45) is 5.49. The largest absolute Gasteiger partial charge is 0.343 e. The number of nitrogens with zero attached hydrogens (tertiary/aromatic N) is 3. The Morgan fingerprint density at radius 2 is 2.07 bits per heavy atom. The summed E-state index contributed by atoms with van der Waals surface area (Å²) in [6.45, 7) is 1.20. The standard InChI is InChI=1S/C9H12BrN3S/c10-8-11-12-9(14-8)13(7-3-4-7)5-6-1-2-6/h6-7H,1-5H2. The number of hydrogen-bond donors (Lipinski definition) is 0. The van der Waals surface area contributed by atoms with Crippen LogP contribution in [0, 0.1) is 5.92 Å². The highest BCUT2D eigenvalue weighted by molar-refractivity contribution is 9.11. The average Bonchev–Trinajstić information content (AvgIpc) is 3.04. The molecule has 0 radical (unpaired) electrons. The predicted octanol–water partition coefficient (Wildman–Crippen LogP) is 2.68. The van der Waals surface area contributed by atoms with Crippen molar-refractivity contribution in [1.29, 1.82) is 0 Å². The number of aromatic nitrogens is 2. The fraction of sp³-hybridized carbons (Fsp3) is 0.778. The zero-order valence-electron chi connectivity index (χ0n) is 7.82. The van der Waals surface area contributed by atoms with Gasteiger partial charge < -0.3 is 4.90 Å². The lowest BCUT2D eigenvalue weighted by atomic mass is 10.4.